The molecule has 0 aliphatic heterocycles. The van der Waals surface area contributed by atoms with E-state index >= 15 is 0 Å². The van der Waals surface area contributed by atoms with E-state index in [0.717, 1.165) is 30.6 Å². The van der Waals surface area contributed by atoms with Crippen molar-refractivity contribution in [2.75, 3.05) is 0 Å². The molecule has 0 aromatic heterocycles. The van der Waals surface area contributed by atoms with E-state index in [-0.39, 0.29) is 28.4 Å². The summed E-state index contributed by atoms with van der Waals surface area (Å²) in [6.07, 6.45) is 7.89. The van der Waals surface area contributed by atoms with Gasteiger partial charge in [0.15, 0.2) is 6.29 Å². The fourth-order valence-corrected chi connectivity index (χ4v) is 4.78. The van der Waals surface area contributed by atoms with Crippen LogP contribution < -0.4 is 9.47 Å². The summed E-state index contributed by atoms with van der Waals surface area (Å²) in [5.74, 6) is 0.578. The summed E-state index contributed by atoms with van der Waals surface area (Å²) in [4.78, 5) is 36.6. The fraction of sp³-hybridized carbons (Fsp3) is 0.300. The first kappa shape index (κ1) is 25.2. The van der Waals surface area contributed by atoms with E-state index in [2.05, 4.69) is 6.92 Å². The minimum absolute atomic E-state index is 0.0522. The van der Waals surface area contributed by atoms with E-state index in [1.165, 1.54) is 74.2 Å². The van der Waals surface area contributed by atoms with Gasteiger partial charge >= 0.3 is 11.9 Å². The van der Waals surface area contributed by atoms with Crippen molar-refractivity contribution in [1.82, 2.24) is 0 Å². The Morgan fingerprint density at radius 2 is 1.47 bits per heavy atom. The SMILES string of the molecule is CCCC1CCC(c2ccc(OC(=O)c3ccc(OC(=O)c4ccc(O)cc4)cc3)c(C=O)c2)CC1. The molecule has 186 valence electrons. The standard InChI is InChI=1S/C30H30O6/c1-2-3-20-4-6-21(7-5-20)24-12-17-28(25(18-24)19-31)36-30(34)23-10-15-27(16-11-23)35-29(33)22-8-13-26(32)14-9-22/h8-21,32H,2-7H2,1H3. The van der Waals surface area contributed by atoms with Crippen LogP contribution in [0, 0.1) is 5.92 Å². The van der Waals surface area contributed by atoms with Crippen LogP contribution in [-0.4, -0.2) is 23.3 Å². The quantitative estimate of drug-likeness (QED) is 0.216. The number of esters is 2. The summed E-state index contributed by atoms with van der Waals surface area (Å²) in [6.45, 7) is 2.23. The number of carbonyl (C=O) groups excluding carboxylic acids is 3. The maximum absolute atomic E-state index is 12.7. The molecule has 3 aromatic carbocycles. The molecule has 0 spiro atoms. The van der Waals surface area contributed by atoms with Gasteiger partial charge in [-0.2, -0.15) is 0 Å². The number of ether oxygens (including phenoxy) is 2. The van der Waals surface area contributed by atoms with Gasteiger partial charge in [-0.15, -0.1) is 0 Å². The Balaban J connectivity index is 1.38. The van der Waals surface area contributed by atoms with E-state index in [4.69, 9.17) is 9.47 Å². The lowest BCUT2D eigenvalue weighted by molar-refractivity contribution is 0.0729. The van der Waals surface area contributed by atoms with Gasteiger partial charge in [0, 0.05) is 0 Å². The van der Waals surface area contributed by atoms with Gasteiger partial charge in [-0.3, -0.25) is 4.79 Å². The molecule has 6 nitrogen and oxygen atoms in total. The van der Waals surface area contributed by atoms with Crippen molar-refractivity contribution in [2.24, 2.45) is 5.92 Å². The Kier molecular flexibility index (Phi) is 8.16. The third-order valence-corrected chi connectivity index (χ3v) is 6.78. The van der Waals surface area contributed by atoms with Gasteiger partial charge in [0.2, 0.25) is 0 Å². The molecule has 0 bridgehead atoms. The number of rotatable bonds is 8. The van der Waals surface area contributed by atoms with Crippen molar-refractivity contribution in [2.45, 2.75) is 51.4 Å². The average Bonchev–Trinajstić information content (AvgIpc) is 2.90. The highest BCUT2D eigenvalue weighted by Crippen LogP contribution is 2.38. The summed E-state index contributed by atoms with van der Waals surface area (Å²) in [5, 5.41) is 9.33. The summed E-state index contributed by atoms with van der Waals surface area (Å²) in [6, 6.07) is 17.2. The predicted molar refractivity (Wildman–Crippen MR) is 136 cm³/mol. The molecule has 1 N–H and O–H groups in total. The maximum atomic E-state index is 12.7. The first-order valence-electron chi connectivity index (χ1n) is 12.4. The minimum atomic E-state index is -0.609. The molecule has 0 radical (unpaired) electrons. The van der Waals surface area contributed by atoms with Crippen LogP contribution in [0.2, 0.25) is 0 Å². The molecule has 0 unspecified atom stereocenters. The number of phenolic OH excluding ortho intramolecular Hbond substituents is 1. The van der Waals surface area contributed by atoms with Crippen molar-refractivity contribution in [3.63, 3.8) is 0 Å². The Morgan fingerprint density at radius 1 is 0.861 bits per heavy atom. The maximum Gasteiger partial charge on any atom is 0.343 e. The zero-order valence-corrected chi connectivity index (χ0v) is 20.3. The summed E-state index contributed by atoms with van der Waals surface area (Å²) in [5.41, 5.74) is 2.02. The molecule has 0 heterocycles. The summed E-state index contributed by atoms with van der Waals surface area (Å²) >= 11 is 0. The van der Waals surface area contributed by atoms with Crippen LogP contribution in [0.15, 0.2) is 66.7 Å². The number of benzene rings is 3. The smallest absolute Gasteiger partial charge is 0.343 e. The van der Waals surface area contributed by atoms with E-state index in [1.807, 2.05) is 12.1 Å². The first-order chi connectivity index (χ1) is 17.5. The topological polar surface area (TPSA) is 89.9 Å². The third-order valence-electron chi connectivity index (χ3n) is 6.78. The molecule has 4 rings (SSSR count). The molecule has 3 aromatic rings. The average molecular weight is 487 g/mol. The predicted octanol–water partition coefficient (Wildman–Crippen LogP) is 6.72. The molecule has 6 heteroatoms. The zero-order valence-electron chi connectivity index (χ0n) is 20.3. The van der Waals surface area contributed by atoms with Gasteiger partial charge in [0.25, 0.3) is 0 Å². The van der Waals surface area contributed by atoms with Crippen LogP contribution in [0.5, 0.6) is 17.2 Å². The summed E-state index contributed by atoms with van der Waals surface area (Å²) < 4.78 is 10.8. The molecule has 0 amide bonds. The van der Waals surface area contributed by atoms with Gasteiger partial charge in [-0.05, 0) is 104 Å². The van der Waals surface area contributed by atoms with Gasteiger partial charge in [-0.25, -0.2) is 9.59 Å². The normalized spacial score (nSPS) is 17.2. The van der Waals surface area contributed by atoms with Gasteiger partial charge < -0.3 is 14.6 Å². The highest BCUT2D eigenvalue weighted by Gasteiger charge is 2.23. The highest BCUT2D eigenvalue weighted by atomic mass is 16.5. The Morgan fingerprint density at radius 3 is 2.08 bits per heavy atom. The van der Waals surface area contributed by atoms with Crippen molar-refractivity contribution < 1.29 is 29.0 Å². The van der Waals surface area contributed by atoms with Crippen LogP contribution in [0.3, 0.4) is 0 Å². The molecular formula is C30H30O6. The lowest BCUT2D eigenvalue weighted by Crippen LogP contribution is -2.14. The van der Waals surface area contributed by atoms with E-state index in [0.29, 0.717) is 11.5 Å². The van der Waals surface area contributed by atoms with Gasteiger partial charge in [0.1, 0.15) is 17.2 Å². The zero-order chi connectivity index (χ0) is 25.5. The molecule has 1 aliphatic carbocycles. The molecule has 0 atom stereocenters. The Bertz CT molecular complexity index is 1210. The Hall–Kier alpha value is -3.93. The van der Waals surface area contributed by atoms with Crippen LogP contribution >= 0.6 is 0 Å². The van der Waals surface area contributed by atoms with Crippen molar-refractivity contribution >= 4 is 18.2 Å². The number of phenols is 1. The lowest BCUT2D eigenvalue weighted by Gasteiger charge is -2.28. The molecule has 1 aliphatic rings. The molecule has 1 saturated carbocycles. The second-order valence-corrected chi connectivity index (χ2v) is 9.27. The van der Waals surface area contributed by atoms with E-state index in [9.17, 15) is 19.5 Å². The molecule has 1 fully saturated rings. The number of hydrogen-bond donors (Lipinski definition) is 1. The van der Waals surface area contributed by atoms with Crippen molar-refractivity contribution in [3.05, 3.63) is 89.0 Å². The van der Waals surface area contributed by atoms with Crippen molar-refractivity contribution in [1.29, 1.82) is 0 Å². The molecule has 0 saturated heterocycles. The van der Waals surface area contributed by atoms with Gasteiger partial charge in [0.05, 0.1) is 16.7 Å². The minimum Gasteiger partial charge on any atom is -0.508 e. The van der Waals surface area contributed by atoms with Crippen LogP contribution in [0.25, 0.3) is 0 Å². The second kappa shape index (κ2) is 11.7. The molecule has 36 heavy (non-hydrogen) atoms. The lowest BCUT2D eigenvalue weighted by atomic mass is 9.77. The summed E-state index contributed by atoms with van der Waals surface area (Å²) in [7, 11) is 0. The van der Waals surface area contributed by atoms with Crippen LogP contribution in [0.4, 0.5) is 0 Å². The number of hydrogen-bond acceptors (Lipinski definition) is 6. The van der Waals surface area contributed by atoms with Gasteiger partial charge in [-0.1, -0.05) is 25.8 Å². The molecular weight excluding hydrogens is 456 g/mol. The number of aromatic hydroxyl groups is 1. The van der Waals surface area contributed by atoms with E-state index in [1.54, 1.807) is 6.07 Å². The number of aldehydes is 1. The first-order valence-corrected chi connectivity index (χ1v) is 12.4. The number of carbonyl (C=O) groups is 3. The highest BCUT2D eigenvalue weighted by molar-refractivity contribution is 5.93. The fourth-order valence-electron chi connectivity index (χ4n) is 4.78. The van der Waals surface area contributed by atoms with Crippen LogP contribution in [0.1, 0.15) is 88.0 Å². The van der Waals surface area contributed by atoms with Crippen molar-refractivity contribution in [3.8, 4) is 17.2 Å². The van der Waals surface area contributed by atoms with E-state index < -0.39 is 11.9 Å². The monoisotopic (exact) mass is 486 g/mol. The third kappa shape index (κ3) is 6.19. The second-order valence-electron chi connectivity index (χ2n) is 9.27. The largest absolute Gasteiger partial charge is 0.508 e. The van der Waals surface area contributed by atoms with Crippen LogP contribution in [-0.2, 0) is 0 Å². The Labute approximate surface area is 210 Å².